The lowest BCUT2D eigenvalue weighted by Crippen LogP contribution is -2.65. The summed E-state index contributed by atoms with van der Waals surface area (Å²) in [4.78, 5) is 0. The van der Waals surface area contributed by atoms with Crippen LogP contribution in [0, 0.1) is 45.3 Å². The molecule has 192 valence electrons. The molecule has 1 aliphatic heterocycles. The highest BCUT2D eigenvalue weighted by atomic mass is 16.6. The number of aliphatic hydroxyl groups is 3. The van der Waals surface area contributed by atoms with Crippen molar-refractivity contribution in [3.05, 3.63) is 24.3 Å². The van der Waals surface area contributed by atoms with E-state index >= 15 is 0 Å². The van der Waals surface area contributed by atoms with Gasteiger partial charge in [0.2, 0.25) is 0 Å². The van der Waals surface area contributed by atoms with Crippen LogP contribution in [-0.4, -0.2) is 38.9 Å². The summed E-state index contributed by atoms with van der Waals surface area (Å²) < 4.78 is 6.58. The van der Waals surface area contributed by atoms with Crippen LogP contribution < -0.4 is 0 Å². The van der Waals surface area contributed by atoms with Gasteiger partial charge in [-0.2, -0.15) is 0 Å². The summed E-state index contributed by atoms with van der Waals surface area (Å²) in [5.41, 5.74) is -1.67. The Morgan fingerprint density at radius 3 is 2.41 bits per heavy atom. The lowest BCUT2D eigenvalue weighted by molar-refractivity contribution is -0.213. The first-order chi connectivity index (χ1) is 15.7. The van der Waals surface area contributed by atoms with E-state index in [9.17, 15) is 15.3 Å². The number of fused-ring (bicyclic) bond motifs is 2. The van der Waals surface area contributed by atoms with Crippen molar-refractivity contribution in [2.24, 2.45) is 45.3 Å². The zero-order valence-corrected chi connectivity index (χ0v) is 22.5. The normalized spacial score (nSPS) is 52.4. The minimum Gasteiger partial charge on any atom is -0.392 e. The maximum atomic E-state index is 11.6. The van der Waals surface area contributed by atoms with Crippen LogP contribution in [0.4, 0.5) is 0 Å². The summed E-state index contributed by atoms with van der Waals surface area (Å²) in [6, 6.07) is 0. The molecule has 34 heavy (non-hydrogen) atoms. The zero-order chi connectivity index (χ0) is 24.9. The molecule has 1 saturated heterocycles. The second kappa shape index (κ2) is 7.43. The van der Waals surface area contributed by atoms with E-state index in [1.165, 1.54) is 12.8 Å². The largest absolute Gasteiger partial charge is 0.392 e. The molecule has 5 aliphatic rings. The van der Waals surface area contributed by atoms with Gasteiger partial charge in [0.25, 0.3) is 0 Å². The predicted molar refractivity (Wildman–Crippen MR) is 135 cm³/mol. The molecule has 4 aliphatic carbocycles. The molecule has 5 rings (SSSR count). The fourth-order valence-corrected chi connectivity index (χ4v) is 9.98. The standard InChI is InChI=1S/C30H48O4/c1-19(9-8-14-25(2,3)33)20-12-15-28(7)21-13-16-30-22(10-11-23(31)26(30,4)5)29(21,24(32)34-30)18-17-27(20,28)6/h8,13-14,16,19-24,31-33H,9-12,15,17-18H2,1-7H3/b14-8+/t19-,20-,21+,22+,23+,24-,27-,28+,29+,30-/m1/s1. The molecular weight excluding hydrogens is 424 g/mol. The van der Waals surface area contributed by atoms with E-state index in [2.05, 4.69) is 52.8 Å². The van der Waals surface area contributed by atoms with Crippen LogP contribution in [0.5, 0.6) is 0 Å². The fraction of sp³-hybridized carbons (Fsp3) is 0.867. The van der Waals surface area contributed by atoms with E-state index in [4.69, 9.17) is 4.74 Å². The molecule has 2 bridgehead atoms. The Bertz CT molecular complexity index is 885. The van der Waals surface area contributed by atoms with Crippen molar-refractivity contribution in [3.63, 3.8) is 0 Å². The monoisotopic (exact) mass is 472 g/mol. The molecule has 0 radical (unpaired) electrons. The van der Waals surface area contributed by atoms with Crippen molar-refractivity contribution in [3.8, 4) is 0 Å². The van der Waals surface area contributed by atoms with Gasteiger partial charge in [-0.15, -0.1) is 0 Å². The molecule has 1 heterocycles. The average Bonchev–Trinajstić information content (AvgIpc) is 3.09. The molecule has 3 N–H and O–H groups in total. The van der Waals surface area contributed by atoms with E-state index in [1.807, 2.05) is 19.9 Å². The Hall–Kier alpha value is -0.680. The second-order valence-corrected chi connectivity index (χ2v) is 14.3. The molecule has 0 aromatic heterocycles. The predicted octanol–water partition coefficient (Wildman–Crippen LogP) is 5.61. The minimum absolute atomic E-state index is 0.113. The van der Waals surface area contributed by atoms with Gasteiger partial charge >= 0.3 is 0 Å². The second-order valence-electron chi connectivity index (χ2n) is 14.3. The van der Waals surface area contributed by atoms with E-state index < -0.39 is 29.0 Å². The highest BCUT2D eigenvalue weighted by Gasteiger charge is 2.78. The Morgan fingerprint density at radius 2 is 1.74 bits per heavy atom. The Kier molecular flexibility index (Phi) is 5.46. The van der Waals surface area contributed by atoms with Gasteiger partial charge in [-0.25, -0.2) is 0 Å². The lowest BCUT2D eigenvalue weighted by atomic mass is 9.38. The summed E-state index contributed by atoms with van der Waals surface area (Å²) in [6.45, 7) is 15.3. The van der Waals surface area contributed by atoms with E-state index in [0.717, 1.165) is 32.1 Å². The average molecular weight is 473 g/mol. The van der Waals surface area contributed by atoms with Gasteiger partial charge in [0.1, 0.15) is 5.60 Å². The zero-order valence-electron chi connectivity index (χ0n) is 22.5. The molecule has 3 saturated carbocycles. The summed E-state index contributed by atoms with van der Waals surface area (Å²) in [5, 5.41) is 32.6. The van der Waals surface area contributed by atoms with Crippen LogP contribution in [0.1, 0.15) is 93.4 Å². The number of allylic oxidation sites excluding steroid dienone is 2. The van der Waals surface area contributed by atoms with E-state index in [-0.39, 0.29) is 22.2 Å². The molecule has 4 fully saturated rings. The van der Waals surface area contributed by atoms with Gasteiger partial charge in [0.15, 0.2) is 6.29 Å². The van der Waals surface area contributed by atoms with Gasteiger partial charge in [-0.3, -0.25) is 0 Å². The SMILES string of the molecule is C[C@H](C/C=C/C(C)(C)O)[C@H]1CC[C@@]2(C)[C@@H]3C=C[C@@]45O[C@@H](O)[C@]3(CC[C@]12C)[C@@H]4CC[C@H](O)C5(C)C. The quantitative estimate of drug-likeness (QED) is 0.465. The highest BCUT2D eigenvalue weighted by molar-refractivity contribution is 5.34. The number of hydrogen-bond acceptors (Lipinski definition) is 4. The fourth-order valence-electron chi connectivity index (χ4n) is 9.98. The van der Waals surface area contributed by atoms with E-state index in [1.54, 1.807) is 0 Å². The summed E-state index contributed by atoms with van der Waals surface area (Å²) in [6.07, 6.45) is 14.9. The van der Waals surface area contributed by atoms with Crippen molar-refractivity contribution in [2.45, 2.75) is 117 Å². The molecule has 0 aromatic rings. The van der Waals surface area contributed by atoms with Crippen LogP contribution in [-0.2, 0) is 4.74 Å². The highest BCUT2D eigenvalue weighted by Crippen LogP contribution is 2.78. The lowest BCUT2D eigenvalue weighted by Gasteiger charge is -2.65. The van der Waals surface area contributed by atoms with Crippen LogP contribution in [0.15, 0.2) is 24.3 Å². The van der Waals surface area contributed by atoms with Gasteiger partial charge < -0.3 is 20.1 Å². The first-order valence-corrected chi connectivity index (χ1v) is 13.8. The summed E-state index contributed by atoms with van der Waals surface area (Å²) in [7, 11) is 0. The molecule has 1 spiro atoms. The number of hydrogen-bond donors (Lipinski definition) is 3. The molecule has 4 heteroatoms. The van der Waals surface area contributed by atoms with Gasteiger partial charge in [-0.05, 0) is 87.4 Å². The topological polar surface area (TPSA) is 69.9 Å². The van der Waals surface area contributed by atoms with Crippen molar-refractivity contribution >= 4 is 0 Å². The molecule has 0 aromatic carbocycles. The van der Waals surface area contributed by atoms with Crippen LogP contribution >= 0.6 is 0 Å². The Balaban J connectivity index is 1.50. The summed E-state index contributed by atoms with van der Waals surface area (Å²) in [5.74, 6) is 1.74. The van der Waals surface area contributed by atoms with E-state index in [0.29, 0.717) is 17.8 Å². The Morgan fingerprint density at radius 1 is 1.03 bits per heavy atom. The summed E-state index contributed by atoms with van der Waals surface area (Å²) >= 11 is 0. The van der Waals surface area contributed by atoms with Crippen molar-refractivity contribution < 1.29 is 20.1 Å². The third kappa shape index (κ3) is 2.92. The minimum atomic E-state index is -0.769. The first kappa shape index (κ1) is 25.0. The molecule has 0 unspecified atom stereocenters. The third-order valence-electron chi connectivity index (χ3n) is 12.2. The van der Waals surface area contributed by atoms with Crippen LogP contribution in [0.2, 0.25) is 0 Å². The molecule has 0 amide bonds. The maximum Gasteiger partial charge on any atom is 0.162 e. The smallest absolute Gasteiger partial charge is 0.162 e. The van der Waals surface area contributed by atoms with Gasteiger partial charge in [0, 0.05) is 16.7 Å². The Labute approximate surface area is 206 Å². The molecule has 10 atom stereocenters. The third-order valence-corrected chi connectivity index (χ3v) is 12.2. The van der Waals surface area contributed by atoms with Crippen molar-refractivity contribution in [1.82, 2.24) is 0 Å². The molecular formula is C30H48O4. The van der Waals surface area contributed by atoms with Crippen molar-refractivity contribution in [1.29, 1.82) is 0 Å². The van der Waals surface area contributed by atoms with Crippen LogP contribution in [0.3, 0.4) is 0 Å². The van der Waals surface area contributed by atoms with Crippen molar-refractivity contribution in [2.75, 3.05) is 0 Å². The van der Waals surface area contributed by atoms with Crippen LogP contribution in [0.25, 0.3) is 0 Å². The number of aliphatic hydroxyl groups excluding tert-OH is 2. The van der Waals surface area contributed by atoms with Gasteiger partial charge in [0.05, 0.1) is 11.7 Å². The number of ether oxygens (including phenoxy) is 1. The van der Waals surface area contributed by atoms with Gasteiger partial charge in [-0.1, -0.05) is 58.9 Å². The maximum absolute atomic E-state index is 11.6. The number of rotatable bonds is 4. The first-order valence-electron chi connectivity index (χ1n) is 13.8. The molecule has 4 nitrogen and oxygen atoms in total.